The highest BCUT2D eigenvalue weighted by atomic mass is 16.6. The standard InChI is InChI=1S/C14H24N2O6/c1-14(2,3)22-13(20)16-7-5-9(6-8-16)10(11(17)18)15-12(19)21-4/h9-10H,5-8H2,1-4H3,(H,15,19)(H,17,18)/t10-/m0/s1. The number of nitrogens with one attached hydrogen (secondary N) is 1. The average molecular weight is 316 g/mol. The highest BCUT2D eigenvalue weighted by Gasteiger charge is 2.35. The molecule has 8 heteroatoms. The fraction of sp³-hybridized carbons (Fsp3) is 0.786. The van der Waals surface area contributed by atoms with Gasteiger partial charge in [0, 0.05) is 13.1 Å². The normalized spacial score (nSPS) is 17.5. The molecule has 1 heterocycles. The maximum absolute atomic E-state index is 11.9. The van der Waals surface area contributed by atoms with Gasteiger partial charge in [-0.25, -0.2) is 14.4 Å². The number of hydrogen-bond acceptors (Lipinski definition) is 5. The van der Waals surface area contributed by atoms with Crippen molar-refractivity contribution in [1.29, 1.82) is 0 Å². The van der Waals surface area contributed by atoms with Crippen molar-refractivity contribution < 1.29 is 29.0 Å². The first-order valence-corrected chi connectivity index (χ1v) is 7.19. The van der Waals surface area contributed by atoms with E-state index in [0.717, 1.165) is 0 Å². The lowest BCUT2D eigenvalue weighted by Gasteiger charge is -2.35. The fourth-order valence-corrected chi connectivity index (χ4v) is 2.31. The Bertz CT molecular complexity index is 424. The van der Waals surface area contributed by atoms with Crippen LogP contribution < -0.4 is 5.32 Å². The number of rotatable bonds is 3. The summed E-state index contributed by atoms with van der Waals surface area (Å²) in [6, 6.07) is -1.02. The topological polar surface area (TPSA) is 105 Å². The number of likely N-dealkylation sites (tertiary alicyclic amines) is 1. The van der Waals surface area contributed by atoms with Crippen molar-refractivity contribution in [3.8, 4) is 0 Å². The first kappa shape index (κ1) is 18.1. The Kier molecular flexibility index (Phi) is 6.01. The van der Waals surface area contributed by atoms with E-state index in [1.165, 1.54) is 7.11 Å². The number of nitrogens with zero attached hydrogens (tertiary/aromatic N) is 1. The molecule has 8 nitrogen and oxygen atoms in total. The molecule has 1 rings (SSSR count). The lowest BCUT2D eigenvalue weighted by atomic mass is 9.89. The van der Waals surface area contributed by atoms with Gasteiger partial charge in [0.15, 0.2) is 0 Å². The van der Waals surface area contributed by atoms with Crippen molar-refractivity contribution in [2.75, 3.05) is 20.2 Å². The molecule has 0 bridgehead atoms. The van der Waals surface area contributed by atoms with Gasteiger partial charge in [-0.15, -0.1) is 0 Å². The van der Waals surface area contributed by atoms with Gasteiger partial charge in [-0.3, -0.25) is 0 Å². The molecule has 1 aliphatic heterocycles. The number of hydrogen-bond donors (Lipinski definition) is 2. The Balaban J connectivity index is 2.57. The Hall–Kier alpha value is -1.99. The molecule has 0 aromatic rings. The maximum atomic E-state index is 11.9. The highest BCUT2D eigenvalue weighted by molar-refractivity contribution is 5.80. The van der Waals surface area contributed by atoms with E-state index in [2.05, 4.69) is 10.1 Å². The molecular formula is C14H24N2O6. The summed E-state index contributed by atoms with van der Waals surface area (Å²) in [6.07, 6.45) is -0.235. The van der Waals surface area contributed by atoms with Gasteiger partial charge in [-0.2, -0.15) is 0 Å². The van der Waals surface area contributed by atoms with Crippen molar-refractivity contribution in [1.82, 2.24) is 10.2 Å². The van der Waals surface area contributed by atoms with E-state index in [0.29, 0.717) is 25.9 Å². The predicted molar refractivity (Wildman–Crippen MR) is 77.5 cm³/mol. The second-order valence-electron chi connectivity index (χ2n) is 6.26. The number of ether oxygens (including phenoxy) is 2. The quantitative estimate of drug-likeness (QED) is 0.816. The minimum absolute atomic E-state index is 0.254. The molecule has 0 saturated carbocycles. The van der Waals surface area contributed by atoms with Crippen LogP contribution in [0, 0.1) is 5.92 Å². The van der Waals surface area contributed by atoms with Crippen molar-refractivity contribution in [2.24, 2.45) is 5.92 Å². The number of alkyl carbamates (subject to hydrolysis) is 1. The molecule has 1 aliphatic rings. The Morgan fingerprint density at radius 2 is 1.77 bits per heavy atom. The van der Waals surface area contributed by atoms with E-state index >= 15 is 0 Å². The first-order chi connectivity index (χ1) is 10.1. The molecule has 2 N–H and O–H groups in total. The summed E-state index contributed by atoms with van der Waals surface area (Å²) in [6.45, 7) is 6.16. The minimum atomic E-state index is -1.11. The van der Waals surface area contributed by atoms with Gasteiger partial charge in [0.1, 0.15) is 11.6 Å². The van der Waals surface area contributed by atoms with E-state index in [1.54, 1.807) is 25.7 Å². The zero-order chi connectivity index (χ0) is 16.9. The zero-order valence-electron chi connectivity index (χ0n) is 13.4. The number of piperidine rings is 1. The number of carbonyl (C=O) groups excluding carboxylic acids is 2. The van der Waals surface area contributed by atoms with Crippen molar-refractivity contribution >= 4 is 18.2 Å². The number of methoxy groups -OCH3 is 1. The molecule has 0 radical (unpaired) electrons. The van der Waals surface area contributed by atoms with E-state index in [9.17, 15) is 19.5 Å². The van der Waals surface area contributed by atoms with Gasteiger partial charge in [0.25, 0.3) is 0 Å². The van der Waals surface area contributed by atoms with Crippen LogP contribution in [0.1, 0.15) is 33.6 Å². The molecule has 0 unspecified atom stereocenters. The monoisotopic (exact) mass is 316 g/mol. The number of aliphatic carboxylic acids is 1. The van der Waals surface area contributed by atoms with Gasteiger partial charge < -0.3 is 24.8 Å². The SMILES string of the molecule is COC(=O)N[C@H](C(=O)O)C1CCN(C(=O)OC(C)(C)C)CC1. The zero-order valence-corrected chi connectivity index (χ0v) is 13.4. The van der Waals surface area contributed by atoms with Crippen molar-refractivity contribution in [2.45, 2.75) is 45.3 Å². The third kappa shape index (κ3) is 5.42. The molecule has 0 aromatic carbocycles. The van der Waals surface area contributed by atoms with Gasteiger partial charge in [-0.1, -0.05) is 0 Å². The van der Waals surface area contributed by atoms with E-state index < -0.39 is 29.8 Å². The van der Waals surface area contributed by atoms with Gasteiger partial charge >= 0.3 is 18.2 Å². The predicted octanol–water partition coefficient (Wildman–Crippen LogP) is 1.44. The number of carboxylic acid groups (broad SMARTS) is 1. The Labute approximate surface area is 129 Å². The molecule has 1 atom stereocenters. The lowest BCUT2D eigenvalue weighted by molar-refractivity contribution is -0.141. The third-order valence-electron chi connectivity index (χ3n) is 3.39. The van der Waals surface area contributed by atoms with E-state index in [1.807, 2.05) is 0 Å². The van der Waals surface area contributed by atoms with E-state index in [4.69, 9.17) is 4.74 Å². The van der Waals surface area contributed by atoms with Crippen LogP contribution >= 0.6 is 0 Å². The second kappa shape index (κ2) is 7.33. The number of carbonyl (C=O) groups is 3. The van der Waals surface area contributed by atoms with E-state index in [-0.39, 0.29) is 5.92 Å². The molecule has 0 spiro atoms. The fourth-order valence-electron chi connectivity index (χ4n) is 2.31. The highest BCUT2D eigenvalue weighted by Crippen LogP contribution is 2.22. The molecular weight excluding hydrogens is 292 g/mol. The summed E-state index contributed by atoms with van der Waals surface area (Å²) in [5.74, 6) is -1.36. The minimum Gasteiger partial charge on any atom is -0.480 e. The second-order valence-corrected chi connectivity index (χ2v) is 6.26. The van der Waals surface area contributed by atoms with Crippen LogP contribution in [-0.4, -0.2) is 60.0 Å². The number of carboxylic acids is 1. The lowest BCUT2D eigenvalue weighted by Crippen LogP contribution is -2.50. The van der Waals surface area contributed by atoms with Crippen LogP contribution in [0.5, 0.6) is 0 Å². The van der Waals surface area contributed by atoms with Crippen molar-refractivity contribution in [3.05, 3.63) is 0 Å². The summed E-state index contributed by atoms with van der Waals surface area (Å²) >= 11 is 0. The molecule has 22 heavy (non-hydrogen) atoms. The number of amides is 2. The van der Waals surface area contributed by atoms with Crippen molar-refractivity contribution in [3.63, 3.8) is 0 Å². The van der Waals surface area contributed by atoms with Crippen LogP contribution in [0.15, 0.2) is 0 Å². The van der Waals surface area contributed by atoms with Gasteiger partial charge in [-0.05, 0) is 39.5 Å². The van der Waals surface area contributed by atoms with Crippen LogP contribution in [0.4, 0.5) is 9.59 Å². The summed E-state index contributed by atoms with van der Waals surface area (Å²) in [5.41, 5.74) is -0.566. The summed E-state index contributed by atoms with van der Waals surface area (Å²) in [5, 5.41) is 11.5. The van der Waals surface area contributed by atoms with Gasteiger partial charge in [0.2, 0.25) is 0 Å². The molecule has 0 aliphatic carbocycles. The Morgan fingerprint density at radius 3 is 2.18 bits per heavy atom. The van der Waals surface area contributed by atoms with Crippen LogP contribution in [0.25, 0.3) is 0 Å². The van der Waals surface area contributed by atoms with Crippen LogP contribution in [0.3, 0.4) is 0 Å². The largest absolute Gasteiger partial charge is 0.480 e. The maximum Gasteiger partial charge on any atom is 0.410 e. The molecule has 2 amide bonds. The summed E-state index contributed by atoms with van der Waals surface area (Å²) < 4.78 is 9.72. The smallest absolute Gasteiger partial charge is 0.410 e. The van der Waals surface area contributed by atoms with Crippen LogP contribution in [-0.2, 0) is 14.3 Å². The van der Waals surface area contributed by atoms with Crippen LogP contribution in [0.2, 0.25) is 0 Å². The molecule has 1 saturated heterocycles. The third-order valence-corrected chi connectivity index (χ3v) is 3.39. The first-order valence-electron chi connectivity index (χ1n) is 7.19. The summed E-state index contributed by atoms with van der Waals surface area (Å²) in [7, 11) is 1.18. The van der Waals surface area contributed by atoms with Gasteiger partial charge in [0.05, 0.1) is 7.11 Å². The molecule has 126 valence electrons. The summed E-state index contributed by atoms with van der Waals surface area (Å²) in [4.78, 5) is 36.0. The molecule has 1 fully saturated rings. The average Bonchev–Trinajstić information content (AvgIpc) is 2.42. The Morgan fingerprint density at radius 1 is 1.23 bits per heavy atom. The molecule has 0 aromatic heterocycles.